The zero-order valence-electron chi connectivity index (χ0n) is 16.5. The molecule has 3 rings (SSSR count). The summed E-state index contributed by atoms with van der Waals surface area (Å²) in [7, 11) is -0.617. The number of halogens is 1. The highest BCUT2D eigenvalue weighted by Gasteiger charge is 2.16. The maximum absolute atomic E-state index is 13.0. The third-order valence-corrected chi connectivity index (χ3v) is 5.83. The molecule has 30 heavy (non-hydrogen) atoms. The van der Waals surface area contributed by atoms with Crippen LogP contribution >= 0.6 is 0 Å². The number of sulfonamides is 1. The van der Waals surface area contributed by atoms with Crippen LogP contribution in [0.3, 0.4) is 0 Å². The molecule has 0 saturated heterocycles. The number of methoxy groups -OCH3 is 1. The average Bonchev–Trinajstić information content (AvgIpc) is 2.75. The summed E-state index contributed by atoms with van der Waals surface area (Å²) in [6, 6.07) is 18.1. The number of ether oxygens (including phenoxy) is 1. The van der Waals surface area contributed by atoms with Crippen LogP contribution in [0.1, 0.15) is 15.9 Å². The Bertz CT molecular complexity index is 1110. The Hall–Kier alpha value is -3.39. The van der Waals surface area contributed by atoms with Gasteiger partial charge in [0.2, 0.25) is 0 Å². The van der Waals surface area contributed by atoms with Crippen LogP contribution in [-0.4, -0.2) is 33.4 Å². The number of benzene rings is 3. The van der Waals surface area contributed by atoms with Crippen molar-refractivity contribution in [1.82, 2.24) is 4.90 Å². The van der Waals surface area contributed by atoms with Crippen molar-refractivity contribution in [2.45, 2.75) is 11.4 Å². The Kier molecular flexibility index (Phi) is 6.37. The van der Waals surface area contributed by atoms with Crippen LogP contribution in [0.5, 0.6) is 5.75 Å². The number of anilines is 1. The molecule has 1 N–H and O–H groups in total. The first-order valence-electron chi connectivity index (χ1n) is 9.05. The minimum absolute atomic E-state index is 0.0995. The first-order chi connectivity index (χ1) is 14.3. The molecule has 0 aliphatic heterocycles. The Morgan fingerprint density at radius 2 is 1.57 bits per heavy atom. The van der Waals surface area contributed by atoms with Gasteiger partial charge in [0, 0.05) is 24.8 Å². The highest BCUT2D eigenvalue weighted by molar-refractivity contribution is 7.92. The Balaban J connectivity index is 1.67. The van der Waals surface area contributed by atoms with E-state index in [1.165, 1.54) is 48.4 Å². The molecule has 0 bridgehead atoms. The van der Waals surface area contributed by atoms with Gasteiger partial charge in [-0.05, 0) is 66.2 Å². The quantitative estimate of drug-likeness (QED) is 0.619. The van der Waals surface area contributed by atoms with E-state index in [9.17, 15) is 17.6 Å². The molecule has 8 heteroatoms. The van der Waals surface area contributed by atoms with Crippen LogP contribution in [0.2, 0.25) is 0 Å². The first-order valence-corrected chi connectivity index (χ1v) is 10.5. The predicted octanol–water partition coefficient (Wildman–Crippen LogP) is 3.91. The highest BCUT2D eigenvalue weighted by atomic mass is 32.2. The van der Waals surface area contributed by atoms with E-state index in [1.807, 2.05) is 0 Å². The van der Waals surface area contributed by atoms with Crippen LogP contribution in [0, 0.1) is 5.82 Å². The van der Waals surface area contributed by atoms with Crippen LogP contribution in [0.15, 0.2) is 77.7 Å². The van der Waals surface area contributed by atoms with Crippen LogP contribution in [-0.2, 0) is 16.6 Å². The maximum Gasteiger partial charge on any atom is 0.261 e. The minimum Gasteiger partial charge on any atom is -0.497 e. The summed E-state index contributed by atoms with van der Waals surface area (Å²) in [5.74, 6) is -0.00845. The van der Waals surface area contributed by atoms with Gasteiger partial charge in [-0.1, -0.05) is 12.1 Å². The molecule has 1 amide bonds. The number of hydrogen-bond acceptors (Lipinski definition) is 4. The van der Waals surface area contributed by atoms with Gasteiger partial charge in [0.15, 0.2) is 0 Å². The fourth-order valence-corrected chi connectivity index (χ4v) is 3.86. The van der Waals surface area contributed by atoms with E-state index in [4.69, 9.17) is 4.74 Å². The zero-order chi connectivity index (χ0) is 21.7. The molecule has 0 aliphatic rings. The van der Waals surface area contributed by atoms with Crippen molar-refractivity contribution < 1.29 is 22.3 Å². The molecular weight excluding hydrogens is 407 g/mol. The second kappa shape index (κ2) is 8.96. The van der Waals surface area contributed by atoms with Crippen molar-refractivity contribution in [3.05, 3.63) is 89.7 Å². The van der Waals surface area contributed by atoms with E-state index in [1.54, 1.807) is 43.4 Å². The SMILES string of the molecule is COc1ccc(S(=O)(=O)Nc2ccc(C(=O)N(C)Cc3ccc(F)cc3)cc2)cc1. The smallest absolute Gasteiger partial charge is 0.261 e. The lowest BCUT2D eigenvalue weighted by Crippen LogP contribution is -2.26. The molecule has 156 valence electrons. The van der Waals surface area contributed by atoms with Crippen molar-refractivity contribution in [3.8, 4) is 5.75 Å². The molecule has 0 radical (unpaired) electrons. The summed E-state index contributed by atoms with van der Waals surface area (Å²) in [4.78, 5) is 14.2. The number of rotatable bonds is 7. The lowest BCUT2D eigenvalue weighted by atomic mass is 10.1. The molecule has 0 fully saturated rings. The predicted molar refractivity (Wildman–Crippen MR) is 112 cm³/mol. The van der Waals surface area contributed by atoms with E-state index >= 15 is 0 Å². The van der Waals surface area contributed by atoms with Crippen molar-refractivity contribution in [2.24, 2.45) is 0 Å². The van der Waals surface area contributed by atoms with Gasteiger partial charge in [0.05, 0.1) is 12.0 Å². The van der Waals surface area contributed by atoms with Crippen molar-refractivity contribution in [1.29, 1.82) is 0 Å². The summed E-state index contributed by atoms with van der Waals surface area (Å²) in [6.45, 7) is 0.324. The van der Waals surface area contributed by atoms with E-state index in [-0.39, 0.29) is 16.6 Å². The zero-order valence-corrected chi connectivity index (χ0v) is 17.3. The first kappa shape index (κ1) is 21.3. The Morgan fingerprint density at radius 1 is 0.967 bits per heavy atom. The van der Waals surface area contributed by atoms with Gasteiger partial charge < -0.3 is 9.64 Å². The number of nitrogens with one attached hydrogen (secondary N) is 1. The third-order valence-electron chi connectivity index (χ3n) is 4.43. The van der Waals surface area contributed by atoms with Gasteiger partial charge in [0.25, 0.3) is 15.9 Å². The second-order valence-electron chi connectivity index (χ2n) is 6.65. The molecule has 3 aromatic carbocycles. The summed E-state index contributed by atoms with van der Waals surface area (Å²) < 4.78 is 45.5. The fourth-order valence-electron chi connectivity index (χ4n) is 2.81. The van der Waals surface area contributed by atoms with Gasteiger partial charge >= 0.3 is 0 Å². The van der Waals surface area contributed by atoms with Gasteiger partial charge in [-0.15, -0.1) is 0 Å². The molecule has 0 aliphatic carbocycles. The number of amides is 1. The van der Waals surface area contributed by atoms with E-state index in [0.717, 1.165) is 5.56 Å². The monoisotopic (exact) mass is 428 g/mol. The summed E-state index contributed by atoms with van der Waals surface area (Å²) in [6.07, 6.45) is 0. The lowest BCUT2D eigenvalue weighted by Gasteiger charge is -2.17. The summed E-state index contributed by atoms with van der Waals surface area (Å²) in [5, 5.41) is 0. The number of hydrogen-bond donors (Lipinski definition) is 1. The molecule has 0 aromatic heterocycles. The van der Waals surface area contributed by atoms with E-state index in [0.29, 0.717) is 23.5 Å². The van der Waals surface area contributed by atoms with Gasteiger partial charge in [0.1, 0.15) is 11.6 Å². The van der Waals surface area contributed by atoms with Crippen molar-refractivity contribution >= 4 is 21.6 Å². The third kappa shape index (κ3) is 5.15. The number of carbonyl (C=O) groups is 1. The van der Waals surface area contributed by atoms with Crippen LogP contribution in [0.4, 0.5) is 10.1 Å². The van der Waals surface area contributed by atoms with Crippen molar-refractivity contribution in [3.63, 3.8) is 0 Å². The molecule has 0 unspecified atom stereocenters. The molecular formula is C22H21FN2O4S. The van der Waals surface area contributed by atoms with Gasteiger partial charge in [-0.3, -0.25) is 9.52 Å². The normalized spacial score (nSPS) is 11.0. The second-order valence-corrected chi connectivity index (χ2v) is 8.33. The molecule has 0 spiro atoms. The summed E-state index contributed by atoms with van der Waals surface area (Å²) >= 11 is 0. The van der Waals surface area contributed by atoms with Gasteiger partial charge in [-0.2, -0.15) is 0 Å². The molecule has 0 atom stereocenters. The standard InChI is InChI=1S/C22H21FN2O4S/c1-25(15-16-3-7-18(23)8-4-16)22(26)17-5-9-19(10-6-17)24-30(27,28)21-13-11-20(29-2)12-14-21/h3-14,24H,15H2,1-2H3. The van der Waals surface area contributed by atoms with Crippen LogP contribution in [0.25, 0.3) is 0 Å². The average molecular weight is 428 g/mol. The maximum atomic E-state index is 13.0. The molecule has 0 heterocycles. The fraction of sp³-hybridized carbons (Fsp3) is 0.136. The topological polar surface area (TPSA) is 75.7 Å². The molecule has 3 aromatic rings. The number of nitrogens with zero attached hydrogens (tertiary/aromatic N) is 1. The highest BCUT2D eigenvalue weighted by Crippen LogP contribution is 2.20. The summed E-state index contributed by atoms with van der Waals surface area (Å²) in [5.41, 5.74) is 1.55. The lowest BCUT2D eigenvalue weighted by molar-refractivity contribution is 0.0785. The van der Waals surface area contributed by atoms with Crippen LogP contribution < -0.4 is 9.46 Å². The molecule has 6 nitrogen and oxygen atoms in total. The van der Waals surface area contributed by atoms with E-state index in [2.05, 4.69) is 4.72 Å². The minimum atomic E-state index is -3.76. The Morgan fingerprint density at radius 3 is 2.13 bits per heavy atom. The van der Waals surface area contributed by atoms with Crippen molar-refractivity contribution in [2.75, 3.05) is 18.9 Å². The van der Waals surface area contributed by atoms with Gasteiger partial charge in [-0.25, -0.2) is 12.8 Å². The largest absolute Gasteiger partial charge is 0.497 e. The molecule has 0 saturated carbocycles. The van der Waals surface area contributed by atoms with E-state index < -0.39 is 10.0 Å². The Labute approximate surface area is 175 Å². The number of carbonyl (C=O) groups excluding carboxylic acids is 1.